The highest BCUT2D eigenvalue weighted by molar-refractivity contribution is 7.92. The average Bonchev–Trinajstić information content (AvgIpc) is 3.69. The fourth-order valence-electron chi connectivity index (χ4n) is 7.98. The van der Waals surface area contributed by atoms with Gasteiger partial charge in [-0.1, -0.05) is 25.4 Å². The number of benzene rings is 3. The van der Waals surface area contributed by atoms with Gasteiger partial charge in [-0.05, 0) is 67.1 Å². The topological polar surface area (TPSA) is 155 Å². The quantitative estimate of drug-likeness (QED) is 0.114. The van der Waals surface area contributed by atoms with Crippen LogP contribution in [0.1, 0.15) is 73.9 Å². The summed E-state index contributed by atoms with van der Waals surface area (Å²) in [5.74, 6) is -8.58. The first-order chi connectivity index (χ1) is 28.6. The number of alkyl halides is 4. The van der Waals surface area contributed by atoms with Crippen molar-refractivity contribution >= 4 is 55.2 Å². The predicted molar refractivity (Wildman–Crippen MR) is 213 cm³/mol. The smallest absolute Gasteiger partial charge is 0.293 e. The maximum atomic E-state index is 15.5. The summed E-state index contributed by atoms with van der Waals surface area (Å²) in [6.07, 6.45) is -3.03. The van der Waals surface area contributed by atoms with Crippen molar-refractivity contribution < 1.29 is 44.3 Å². The Bertz CT molecular complexity index is 2930. The fourth-order valence-corrected chi connectivity index (χ4v) is 8.72. The Balaban J connectivity index is 1.34. The number of nitrogens with zero attached hydrogens (tertiary/aromatic N) is 6. The molecule has 0 aliphatic heterocycles. The van der Waals surface area contributed by atoms with Crippen molar-refractivity contribution in [2.24, 2.45) is 18.9 Å². The number of aromatic nitrogens is 6. The Morgan fingerprint density at radius 2 is 1.75 bits per heavy atom. The van der Waals surface area contributed by atoms with Gasteiger partial charge in [0.05, 0.1) is 50.9 Å². The van der Waals surface area contributed by atoms with Crippen LogP contribution in [0.25, 0.3) is 27.5 Å². The highest BCUT2D eigenvalue weighted by atomic mass is 35.5. The Hall–Kier alpha value is -5.63. The minimum atomic E-state index is -3.90. The molecule has 2 N–H and O–H groups in total. The van der Waals surface area contributed by atoms with Gasteiger partial charge >= 0.3 is 0 Å². The lowest BCUT2D eigenvalue weighted by Gasteiger charge is -2.24. The number of hydrogen-bond donors (Lipinski definition) is 2. The first-order valence-electron chi connectivity index (χ1n) is 19.0. The van der Waals surface area contributed by atoms with Gasteiger partial charge in [0.25, 0.3) is 17.9 Å². The lowest BCUT2D eigenvalue weighted by Crippen LogP contribution is -2.38. The monoisotopic (exact) mass is 890 g/mol. The molecule has 4 atom stereocenters. The van der Waals surface area contributed by atoms with Crippen LogP contribution in [0.4, 0.5) is 32.2 Å². The number of carbonyl (C=O) groups is 1. The van der Waals surface area contributed by atoms with E-state index < -0.39 is 87.7 Å². The summed E-state index contributed by atoms with van der Waals surface area (Å²) >= 11 is 6.62. The van der Waals surface area contributed by atoms with E-state index >= 15 is 8.78 Å². The molecule has 0 spiro atoms. The number of ether oxygens (including phenoxy) is 1. The van der Waals surface area contributed by atoms with Crippen molar-refractivity contribution in [3.63, 3.8) is 0 Å². The molecule has 1 amide bonds. The molecule has 61 heavy (non-hydrogen) atoms. The molecule has 3 aromatic carbocycles. The highest BCUT2D eigenvalue weighted by Crippen LogP contribution is 2.68. The SMILES string of the molecule is CC(C)[C@@H](C)Oc1ccc2c(=O)n(-c3ccc(Cl)c4c(NS(C)(=O)=O)nn(C)c34)c([C@H](Cc3cc(F)cc(F)c3)NC(=O)Cn3nc(C(F)F)c4c3C(F)(F)C3CC43)nc2c1. The molecule has 0 radical (unpaired) electrons. The third kappa shape index (κ3) is 7.68. The van der Waals surface area contributed by atoms with E-state index in [1.165, 1.54) is 36.0 Å². The van der Waals surface area contributed by atoms with Crippen LogP contribution >= 0.6 is 11.6 Å². The molecule has 2 aliphatic rings. The van der Waals surface area contributed by atoms with Crippen LogP contribution in [0.5, 0.6) is 5.75 Å². The molecule has 1 saturated carbocycles. The standard InChI is InChI=1S/C40H37ClF6N8O5S/c1-17(2)18(3)60-22-6-7-23-27(14-22)49-38(55(39(23)57)29-9-8-26(41)32-34(29)53(4)51-37(32)52-61(5,58)59)28(12-19-10-20(42)13-21(43)11-19)48-30(56)16-54-35-31(33(50-54)36(44)45)24-15-25(24)40(35,46)47/h6-11,13-14,17-18,24-25,28,36H,12,15-16H2,1-5H3,(H,48,56)(H,51,52)/t18-,24?,25?,28+/m1/s1. The zero-order valence-electron chi connectivity index (χ0n) is 33.0. The Labute approximate surface area is 348 Å². The zero-order valence-corrected chi connectivity index (χ0v) is 34.6. The third-order valence-electron chi connectivity index (χ3n) is 11.0. The average molecular weight is 891 g/mol. The second-order valence-electron chi connectivity index (χ2n) is 15.8. The minimum Gasteiger partial charge on any atom is -0.490 e. The van der Waals surface area contributed by atoms with Crippen molar-refractivity contribution in [3.05, 3.63) is 104 Å². The zero-order chi connectivity index (χ0) is 44.0. The van der Waals surface area contributed by atoms with E-state index in [-0.39, 0.29) is 73.7 Å². The first kappa shape index (κ1) is 42.1. The van der Waals surface area contributed by atoms with Crippen LogP contribution in [0, 0.1) is 23.5 Å². The number of rotatable bonds is 13. The van der Waals surface area contributed by atoms with Crippen LogP contribution in [-0.4, -0.2) is 55.8 Å². The Morgan fingerprint density at radius 3 is 2.41 bits per heavy atom. The maximum Gasteiger partial charge on any atom is 0.293 e. The largest absolute Gasteiger partial charge is 0.490 e. The van der Waals surface area contributed by atoms with E-state index in [0.717, 1.165) is 23.0 Å². The molecule has 0 saturated heterocycles. The molecule has 6 aromatic rings. The molecule has 8 rings (SSSR count). The van der Waals surface area contributed by atoms with Gasteiger partial charge in [0.1, 0.15) is 41.1 Å². The second-order valence-corrected chi connectivity index (χ2v) is 17.9. The molecule has 3 aromatic heterocycles. The van der Waals surface area contributed by atoms with Gasteiger partial charge in [-0.15, -0.1) is 0 Å². The molecule has 2 aliphatic carbocycles. The van der Waals surface area contributed by atoms with Gasteiger partial charge in [-0.2, -0.15) is 19.0 Å². The van der Waals surface area contributed by atoms with Crippen LogP contribution < -0.4 is 20.3 Å². The van der Waals surface area contributed by atoms with Gasteiger partial charge in [-0.3, -0.25) is 28.2 Å². The summed E-state index contributed by atoms with van der Waals surface area (Å²) in [4.78, 5) is 33.9. The Morgan fingerprint density at radius 1 is 1.05 bits per heavy atom. The molecule has 21 heteroatoms. The molecular formula is C40H37ClF6N8O5S. The molecule has 0 bridgehead atoms. The van der Waals surface area contributed by atoms with Gasteiger partial charge in [-0.25, -0.2) is 31.0 Å². The van der Waals surface area contributed by atoms with E-state index in [1.807, 2.05) is 20.8 Å². The van der Waals surface area contributed by atoms with Crippen molar-refractivity contribution in [1.82, 2.24) is 34.4 Å². The van der Waals surface area contributed by atoms with Gasteiger partial charge in [0.15, 0.2) is 5.82 Å². The summed E-state index contributed by atoms with van der Waals surface area (Å²) in [7, 11) is -2.45. The van der Waals surface area contributed by atoms with Crippen LogP contribution in [0.3, 0.4) is 0 Å². The summed E-state index contributed by atoms with van der Waals surface area (Å²) < 4.78 is 125. The predicted octanol–water partition coefficient (Wildman–Crippen LogP) is 7.44. The highest BCUT2D eigenvalue weighted by Gasteiger charge is 2.67. The van der Waals surface area contributed by atoms with Crippen LogP contribution in [0.2, 0.25) is 5.02 Å². The number of amides is 1. The van der Waals surface area contributed by atoms with E-state index in [2.05, 4.69) is 20.2 Å². The number of nitrogens with one attached hydrogen (secondary N) is 2. The molecule has 13 nitrogen and oxygen atoms in total. The maximum absolute atomic E-state index is 15.5. The van der Waals surface area contributed by atoms with E-state index in [1.54, 1.807) is 6.07 Å². The lowest BCUT2D eigenvalue weighted by molar-refractivity contribution is -0.123. The molecule has 3 heterocycles. The summed E-state index contributed by atoms with van der Waals surface area (Å²) in [6.45, 7) is 4.76. The minimum absolute atomic E-state index is 0.00137. The van der Waals surface area contributed by atoms with Crippen LogP contribution in [-0.2, 0) is 40.8 Å². The number of halogens is 7. The number of fused-ring (bicyclic) bond motifs is 5. The van der Waals surface area contributed by atoms with Crippen molar-refractivity contribution in [2.75, 3.05) is 11.0 Å². The normalized spacial score (nSPS) is 17.8. The number of sulfonamides is 1. The van der Waals surface area contributed by atoms with Gasteiger partial charge < -0.3 is 10.1 Å². The van der Waals surface area contributed by atoms with E-state index in [0.29, 0.717) is 16.5 Å². The molecular weight excluding hydrogens is 854 g/mol. The number of carbonyl (C=O) groups excluding carboxylic acids is 1. The number of hydrogen-bond acceptors (Lipinski definition) is 8. The number of aryl methyl sites for hydroxylation is 1. The lowest BCUT2D eigenvalue weighted by atomic mass is 10.0. The fraction of sp³-hybridized carbons (Fsp3) is 0.375. The van der Waals surface area contributed by atoms with Crippen molar-refractivity contribution in [3.8, 4) is 11.4 Å². The Kier molecular flexibility index (Phi) is 10.4. The summed E-state index contributed by atoms with van der Waals surface area (Å²) in [6, 6.07) is 8.40. The van der Waals surface area contributed by atoms with E-state index in [4.69, 9.17) is 21.3 Å². The third-order valence-corrected chi connectivity index (χ3v) is 11.9. The van der Waals surface area contributed by atoms with E-state index in [9.17, 15) is 35.6 Å². The van der Waals surface area contributed by atoms with Gasteiger partial charge in [0, 0.05) is 37.1 Å². The first-order valence-corrected chi connectivity index (χ1v) is 21.3. The van der Waals surface area contributed by atoms with Crippen molar-refractivity contribution in [1.29, 1.82) is 0 Å². The second kappa shape index (κ2) is 15.1. The van der Waals surface area contributed by atoms with Crippen molar-refractivity contribution in [2.45, 2.75) is 70.6 Å². The molecule has 2 unspecified atom stereocenters. The molecule has 1 fully saturated rings. The summed E-state index contributed by atoms with van der Waals surface area (Å²) in [5, 5.41) is 10.9. The number of anilines is 1. The summed E-state index contributed by atoms with van der Waals surface area (Å²) in [5.41, 5.74) is -2.48. The van der Waals surface area contributed by atoms with Crippen LogP contribution in [0.15, 0.2) is 53.3 Å². The van der Waals surface area contributed by atoms with Gasteiger partial charge in [0.2, 0.25) is 15.9 Å². The molecule has 322 valence electrons.